The second kappa shape index (κ2) is 2.88. The number of carboxylic acid groups (broad SMARTS) is 1. The van der Waals surface area contributed by atoms with Crippen molar-refractivity contribution in [1.82, 2.24) is 9.55 Å². The fraction of sp³-hybridized carbons (Fsp3) is 0. The van der Waals surface area contributed by atoms with E-state index in [9.17, 15) is 9.59 Å². The van der Waals surface area contributed by atoms with Crippen LogP contribution in [-0.2, 0) is 0 Å². The number of hydrogen-bond acceptors (Lipinski definition) is 2. The molecular weight excluding hydrogens is 208 g/mol. The van der Waals surface area contributed by atoms with E-state index in [2.05, 4.69) is 4.98 Å². The van der Waals surface area contributed by atoms with Gasteiger partial charge in [-0.2, -0.15) is 4.57 Å². The first-order chi connectivity index (χ1) is 6.59. The molecule has 0 fully saturated rings. The molecule has 0 unspecified atom stereocenters. The van der Waals surface area contributed by atoms with Crippen LogP contribution in [0.15, 0.2) is 23.0 Å². The lowest BCUT2D eigenvalue weighted by Gasteiger charge is -1.94. The summed E-state index contributed by atoms with van der Waals surface area (Å²) < 4.78 is 0.612. The number of carbonyl (C=O) groups is 1. The van der Waals surface area contributed by atoms with Crippen LogP contribution < -0.4 is 5.69 Å². The Kier molecular flexibility index (Phi) is 1.82. The molecule has 0 saturated carbocycles. The van der Waals surface area contributed by atoms with E-state index < -0.39 is 11.8 Å². The molecule has 14 heavy (non-hydrogen) atoms. The maximum absolute atomic E-state index is 11.2. The first-order valence-electron chi connectivity index (χ1n) is 3.73. The van der Waals surface area contributed by atoms with Gasteiger partial charge in [-0.1, -0.05) is 11.6 Å². The summed E-state index contributed by atoms with van der Waals surface area (Å²) in [5.74, 6) is 0. The molecule has 2 rings (SSSR count). The minimum atomic E-state index is -1.33. The van der Waals surface area contributed by atoms with Crippen LogP contribution >= 0.6 is 11.6 Å². The highest BCUT2D eigenvalue weighted by Gasteiger charge is 2.11. The van der Waals surface area contributed by atoms with Gasteiger partial charge in [-0.05, 0) is 18.2 Å². The van der Waals surface area contributed by atoms with Crippen molar-refractivity contribution in [1.29, 1.82) is 0 Å². The number of fused-ring (bicyclic) bond motifs is 1. The SMILES string of the molecule is O=C(O)n1c(=O)[nH]c2ccc(Cl)cc21. The van der Waals surface area contributed by atoms with E-state index in [-0.39, 0.29) is 5.52 Å². The van der Waals surface area contributed by atoms with E-state index in [1.807, 2.05) is 0 Å². The Hall–Kier alpha value is -1.75. The largest absolute Gasteiger partial charge is 0.464 e. The van der Waals surface area contributed by atoms with Crippen molar-refractivity contribution in [3.8, 4) is 0 Å². The minimum Gasteiger partial charge on any atom is -0.464 e. The smallest absolute Gasteiger partial charge is 0.420 e. The molecule has 0 radical (unpaired) electrons. The average Bonchev–Trinajstić information content (AvgIpc) is 2.40. The molecule has 2 N–H and O–H groups in total. The van der Waals surface area contributed by atoms with Crippen molar-refractivity contribution in [2.24, 2.45) is 0 Å². The van der Waals surface area contributed by atoms with Gasteiger partial charge in [0.2, 0.25) is 0 Å². The van der Waals surface area contributed by atoms with E-state index >= 15 is 0 Å². The van der Waals surface area contributed by atoms with Crippen molar-refractivity contribution in [2.75, 3.05) is 0 Å². The van der Waals surface area contributed by atoms with Crippen LogP contribution in [0.5, 0.6) is 0 Å². The number of imidazole rings is 1. The summed E-state index contributed by atoms with van der Waals surface area (Å²) in [6.45, 7) is 0. The highest BCUT2D eigenvalue weighted by Crippen LogP contribution is 2.16. The van der Waals surface area contributed by atoms with Crippen molar-refractivity contribution < 1.29 is 9.90 Å². The second-order valence-electron chi connectivity index (χ2n) is 2.71. The van der Waals surface area contributed by atoms with Crippen LogP contribution in [-0.4, -0.2) is 20.8 Å². The summed E-state index contributed by atoms with van der Waals surface area (Å²) in [6, 6.07) is 4.55. The van der Waals surface area contributed by atoms with Crippen LogP contribution in [0.1, 0.15) is 0 Å². The number of hydrogen-bond donors (Lipinski definition) is 2. The van der Waals surface area contributed by atoms with Crippen LogP contribution in [0.4, 0.5) is 4.79 Å². The maximum atomic E-state index is 11.2. The number of aromatic nitrogens is 2. The molecule has 0 aliphatic carbocycles. The van der Waals surface area contributed by atoms with Crippen molar-refractivity contribution >= 4 is 28.7 Å². The molecule has 0 amide bonds. The molecule has 6 heteroatoms. The first-order valence-corrected chi connectivity index (χ1v) is 4.11. The Morgan fingerprint density at radius 2 is 2.21 bits per heavy atom. The number of halogens is 1. The van der Waals surface area contributed by atoms with Gasteiger partial charge in [0.15, 0.2) is 0 Å². The van der Waals surface area contributed by atoms with Gasteiger partial charge >= 0.3 is 11.8 Å². The maximum Gasteiger partial charge on any atom is 0.420 e. The molecule has 0 spiro atoms. The molecular formula is C8H5ClN2O3. The zero-order chi connectivity index (χ0) is 10.3. The number of H-pyrrole nitrogens is 1. The zero-order valence-electron chi connectivity index (χ0n) is 6.82. The molecule has 0 atom stereocenters. The predicted octanol–water partition coefficient (Wildman–Crippen LogP) is 1.51. The number of aromatic amines is 1. The zero-order valence-corrected chi connectivity index (χ0v) is 7.58. The average molecular weight is 213 g/mol. The number of rotatable bonds is 0. The molecule has 0 bridgehead atoms. The Morgan fingerprint density at radius 1 is 1.50 bits per heavy atom. The topological polar surface area (TPSA) is 75.1 Å². The summed E-state index contributed by atoms with van der Waals surface area (Å²) >= 11 is 5.68. The van der Waals surface area contributed by atoms with E-state index in [1.165, 1.54) is 6.07 Å². The summed E-state index contributed by atoms with van der Waals surface area (Å²) in [4.78, 5) is 24.3. The van der Waals surface area contributed by atoms with Crippen LogP contribution in [0.25, 0.3) is 11.0 Å². The van der Waals surface area contributed by atoms with Crippen LogP contribution in [0.2, 0.25) is 5.02 Å². The lowest BCUT2D eigenvalue weighted by molar-refractivity contribution is 0.196. The van der Waals surface area contributed by atoms with Gasteiger partial charge < -0.3 is 10.1 Å². The lowest BCUT2D eigenvalue weighted by atomic mass is 10.3. The van der Waals surface area contributed by atoms with Gasteiger partial charge in [-0.25, -0.2) is 9.59 Å². The minimum absolute atomic E-state index is 0.259. The molecule has 2 aromatic rings. The Labute approximate surface area is 82.5 Å². The van der Waals surface area contributed by atoms with Crippen LogP contribution in [0.3, 0.4) is 0 Å². The summed E-state index contributed by atoms with van der Waals surface area (Å²) in [5, 5.41) is 9.12. The summed E-state index contributed by atoms with van der Waals surface area (Å²) in [7, 11) is 0. The molecule has 1 heterocycles. The van der Waals surface area contributed by atoms with Gasteiger partial charge in [-0.3, -0.25) is 0 Å². The number of nitrogens with zero attached hydrogens (tertiary/aromatic N) is 1. The third-order valence-corrected chi connectivity index (χ3v) is 2.07. The van der Waals surface area contributed by atoms with Crippen molar-refractivity contribution in [3.63, 3.8) is 0 Å². The van der Waals surface area contributed by atoms with Gasteiger partial charge in [0, 0.05) is 5.02 Å². The van der Waals surface area contributed by atoms with E-state index in [4.69, 9.17) is 16.7 Å². The number of nitrogens with one attached hydrogen (secondary N) is 1. The predicted molar refractivity (Wildman–Crippen MR) is 51.0 cm³/mol. The Bertz CT molecular complexity index is 569. The highest BCUT2D eigenvalue weighted by atomic mass is 35.5. The summed E-state index contributed by atoms with van der Waals surface area (Å²) in [5.41, 5.74) is 0.0200. The summed E-state index contributed by atoms with van der Waals surface area (Å²) in [6.07, 6.45) is -1.33. The van der Waals surface area contributed by atoms with E-state index in [0.717, 1.165) is 0 Å². The Balaban J connectivity index is 2.93. The molecule has 0 saturated heterocycles. The van der Waals surface area contributed by atoms with Gasteiger partial charge in [-0.15, -0.1) is 0 Å². The second-order valence-corrected chi connectivity index (χ2v) is 3.15. The first kappa shape index (κ1) is 8.83. The van der Waals surface area contributed by atoms with Gasteiger partial charge in [0.05, 0.1) is 11.0 Å². The molecule has 72 valence electrons. The molecule has 1 aromatic heterocycles. The fourth-order valence-corrected chi connectivity index (χ4v) is 1.43. The molecule has 0 aliphatic heterocycles. The van der Waals surface area contributed by atoms with Crippen molar-refractivity contribution in [2.45, 2.75) is 0 Å². The normalized spacial score (nSPS) is 10.6. The van der Waals surface area contributed by atoms with E-state index in [0.29, 0.717) is 15.1 Å². The highest BCUT2D eigenvalue weighted by molar-refractivity contribution is 6.31. The molecule has 5 nitrogen and oxygen atoms in total. The molecule has 1 aromatic carbocycles. The van der Waals surface area contributed by atoms with E-state index in [1.54, 1.807) is 12.1 Å². The fourth-order valence-electron chi connectivity index (χ4n) is 1.27. The Morgan fingerprint density at radius 3 is 2.86 bits per heavy atom. The standard InChI is InChI=1S/C8H5ClN2O3/c9-4-1-2-5-6(3-4)11(8(13)14)7(12)10-5/h1-3H,(H,10,12)(H,13,14). The molecule has 0 aliphatic rings. The van der Waals surface area contributed by atoms with Gasteiger partial charge in [0.1, 0.15) is 0 Å². The third kappa shape index (κ3) is 1.18. The quantitative estimate of drug-likeness (QED) is 0.695. The van der Waals surface area contributed by atoms with Crippen molar-refractivity contribution in [3.05, 3.63) is 33.7 Å². The van der Waals surface area contributed by atoms with Crippen LogP contribution in [0, 0.1) is 0 Å². The lowest BCUT2D eigenvalue weighted by Crippen LogP contribution is -2.22. The third-order valence-electron chi connectivity index (χ3n) is 1.84. The number of benzene rings is 1. The monoisotopic (exact) mass is 212 g/mol. The van der Waals surface area contributed by atoms with Gasteiger partial charge in [0.25, 0.3) is 0 Å².